The van der Waals surface area contributed by atoms with Gasteiger partial charge in [0, 0.05) is 19.3 Å². The van der Waals surface area contributed by atoms with Crippen LogP contribution in [0.3, 0.4) is 0 Å². The van der Waals surface area contributed by atoms with Crippen molar-refractivity contribution in [1.29, 1.82) is 0 Å². The molecular formula is C52H88O6. The van der Waals surface area contributed by atoms with Gasteiger partial charge < -0.3 is 14.2 Å². The average molecular weight is 809 g/mol. The highest BCUT2D eigenvalue weighted by molar-refractivity contribution is 5.71. The van der Waals surface area contributed by atoms with Gasteiger partial charge in [0.2, 0.25) is 0 Å². The zero-order valence-electron chi connectivity index (χ0n) is 37.8. The van der Waals surface area contributed by atoms with Crippen LogP contribution in [0.15, 0.2) is 72.9 Å². The summed E-state index contributed by atoms with van der Waals surface area (Å²) in [6.07, 6.45) is 57.5. The molecule has 332 valence electrons. The number of rotatable bonds is 42. The molecule has 58 heavy (non-hydrogen) atoms. The van der Waals surface area contributed by atoms with Crippen molar-refractivity contribution in [2.45, 2.75) is 226 Å². The lowest BCUT2D eigenvalue weighted by molar-refractivity contribution is -0.166. The summed E-state index contributed by atoms with van der Waals surface area (Å²) in [5.41, 5.74) is 0. The molecule has 1 unspecified atom stereocenters. The van der Waals surface area contributed by atoms with E-state index in [1.807, 2.05) is 12.2 Å². The standard InChI is InChI=1S/C52H88O6/c1-4-7-10-13-16-19-22-25-28-30-33-36-39-42-45-51(54)57-48-49(58-52(55)46-43-40-37-34-31-27-24-21-18-15-12-9-6-3)47-56-50(53)44-41-38-35-32-29-26-23-20-17-14-11-8-5-2/h9,12,15,18,21,24,26,28-30,35,38,49H,4-8,10-11,13-14,16-17,19-20,22-23,25,27,31-34,36-37,39-48H2,1-3H3/b12-9-,18-15-,24-21-,29-26-,30-28-,38-35-. The van der Waals surface area contributed by atoms with Gasteiger partial charge in [-0.05, 0) is 83.5 Å². The SMILES string of the molecule is CC\C=C/C=C\C=C/CCCCCCCC(=O)OC(COC(=O)CC/C=C\C/C=C\CCCCCCCC)COC(=O)CCCCC/C=C\CCCCCCCCC. The lowest BCUT2D eigenvalue weighted by Gasteiger charge is -2.18. The normalized spacial score (nSPS) is 12.7. The number of unbranched alkanes of at least 4 members (excludes halogenated alkanes) is 21. The molecule has 0 aromatic carbocycles. The molecule has 0 rings (SSSR count). The van der Waals surface area contributed by atoms with Crippen molar-refractivity contribution >= 4 is 17.9 Å². The van der Waals surface area contributed by atoms with Crippen molar-refractivity contribution in [2.24, 2.45) is 0 Å². The summed E-state index contributed by atoms with van der Waals surface area (Å²) in [5.74, 6) is -1.02. The molecule has 0 aromatic rings. The number of esters is 3. The van der Waals surface area contributed by atoms with Crippen molar-refractivity contribution in [3.05, 3.63) is 72.9 Å². The molecule has 1 atom stereocenters. The van der Waals surface area contributed by atoms with Gasteiger partial charge in [0.1, 0.15) is 13.2 Å². The van der Waals surface area contributed by atoms with Gasteiger partial charge >= 0.3 is 17.9 Å². The number of allylic oxidation sites excluding steroid dienone is 12. The molecular weight excluding hydrogens is 721 g/mol. The predicted molar refractivity (Wildman–Crippen MR) is 247 cm³/mol. The lowest BCUT2D eigenvalue weighted by Crippen LogP contribution is -2.30. The Labute approximate surface area is 357 Å². The van der Waals surface area contributed by atoms with Crippen molar-refractivity contribution in [1.82, 2.24) is 0 Å². The molecule has 0 saturated heterocycles. The van der Waals surface area contributed by atoms with Gasteiger partial charge in [0.25, 0.3) is 0 Å². The van der Waals surface area contributed by atoms with Gasteiger partial charge in [-0.1, -0.05) is 190 Å². The first-order chi connectivity index (χ1) is 28.5. The Kier molecular flexibility index (Phi) is 44.0. The second-order valence-corrected chi connectivity index (χ2v) is 15.7. The first-order valence-corrected chi connectivity index (χ1v) is 24.0. The molecule has 0 aliphatic heterocycles. The first-order valence-electron chi connectivity index (χ1n) is 24.0. The zero-order chi connectivity index (χ0) is 42.3. The Balaban J connectivity index is 4.50. The number of hydrogen-bond donors (Lipinski definition) is 0. The molecule has 6 nitrogen and oxygen atoms in total. The summed E-state index contributed by atoms with van der Waals surface area (Å²) < 4.78 is 16.6. The number of ether oxygens (including phenoxy) is 3. The van der Waals surface area contributed by atoms with E-state index in [-0.39, 0.29) is 37.5 Å². The minimum absolute atomic E-state index is 0.109. The molecule has 0 heterocycles. The molecule has 0 N–H and O–H groups in total. The molecule has 0 bridgehead atoms. The van der Waals surface area contributed by atoms with Crippen molar-refractivity contribution in [3.63, 3.8) is 0 Å². The van der Waals surface area contributed by atoms with E-state index < -0.39 is 6.10 Å². The van der Waals surface area contributed by atoms with Gasteiger partial charge in [0.05, 0.1) is 0 Å². The summed E-state index contributed by atoms with van der Waals surface area (Å²) >= 11 is 0. The number of carbonyl (C=O) groups is 3. The Morgan fingerprint density at radius 2 is 0.776 bits per heavy atom. The van der Waals surface area contributed by atoms with Crippen LogP contribution in [0.1, 0.15) is 220 Å². The molecule has 0 saturated carbocycles. The van der Waals surface area contributed by atoms with Crippen LogP contribution < -0.4 is 0 Å². The fourth-order valence-electron chi connectivity index (χ4n) is 6.37. The molecule has 0 fully saturated rings. The predicted octanol–water partition coefficient (Wildman–Crippen LogP) is 15.5. The Hall–Kier alpha value is -3.15. The first kappa shape index (κ1) is 54.9. The summed E-state index contributed by atoms with van der Waals surface area (Å²) in [4.78, 5) is 37.8. The highest BCUT2D eigenvalue weighted by Crippen LogP contribution is 2.13. The Bertz CT molecular complexity index is 1110. The highest BCUT2D eigenvalue weighted by atomic mass is 16.6. The zero-order valence-corrected chi connectivity index (χ0v) is 37.8. The quantitative estimate of drug-likeness (QED) is 0.0201. The van der Waals surface area contributed by atoms with Crippen LogP contribution in [-0.4, -0.2) is 37.2 Å². The third-order valence-corrected chi connectivity index (χ3v) is 9.99. The second kappa shape index (κ2) is 46.5. The summed E-state index contributed by atoms with van der Waals surface area (Å²) in [7, 11) is 0. The molecule has 6 heteroatoms. The van der Waals surface area contributed by atoms with Gasteiger partial charge in [0.15, 0.2) is 6.10 Å². The molecule has 0 spiro atoms. The molecule has 0 amide bonds. The van der Waals surface area contributed by atoms with E-state index in [0.717, 1.165) is 89.9 Å². The van der Waals surface area contributed by atoms with E-state index in [1.165, 1.54) is 83.5 Å². The van der Waals surface area contributed by atoms with Crippen LogP contribution in [0.2, 0.25) is 0 Å². The van der Waals surface area contributed by atoms with E-state index in [9.17, 15) is 14.4 Å². The molecule has 0 aromatic heterocycles. The van der Waals surface area contributed by atoms with Crippen LogP contribution in [0, 0.1) is 0 Å². The van der Waals surface area contributed by atoms with Crippen molar-refractivity contribution in [3.8, 4) is 0 Å². The monoisotopic (exact) mass is 809 g/mol. The second-order valence-electron chi connectivity index (χ2n) is 15.7. The van der Waals surface area contributed by atoms with Crippen LogP contribution in [0.25, 0.3) is 0 Å². The van der Waals surface area contributed by atoms with E-state index >= 15 is 0 Å². The maximum Gasteiger partial charge on any atom is 0.306 e. The third kappa shape index (κ3) is 44.0. The number of hydrogen-bond acceptors (Lipinski definition) is 6. The largest absolute Gasteiger partial charge is 0.462 e. The highest BCUT2D eigenvalue weighted by Gasteiger charge is 2.19. The topological polar surface area (TPSA) is 78.9 Å². The van der Waals surface area contributed by atoms with Crippen molar-refractivity contribution < 1.29 is 28.6 Å². The Morgan fingerprint density at radius 1 is 0.379 bits per heavy atom. The molecule has 0 aliphatic carbocycles. The van der Waals surface area contributed by atoms with E-state index in [4.69, 9.17) is 14.2 Å². The maximum atomic E-state index is 12.7. The third-order valence-electron chi connectivity index (χ3n) is 9.99. The Morgan fingerprint density at radius 3 is 1.31 bits per heavy atom. The fraction of sp³-hybridized carbons (Fsp3) is 0.712. The van der Waals surface area contributed by atoms with E-state index in [1.54, 1.807) is 0 Å². The fourth-order valence-corrected chi connectivity index (χ4v) is 6.37. The van der Waals surface area contributed by atoms with Crippen molar-refractivity contribution in [2.75, 3.05) is 13.2 Å². The van der Waals surface area contributed by atoms with Gasteiger partial charge in [-0.3, -0.25) is 14.4 Å². The number of carbonyl (C=O) groups excluding carboxylic acids is 3. The molecule has 0 aliphatic rings. The molecule has 0 radical (unpaired) electrons. The van der Waals surface area contributed by atoms with Crippen LogP contribution in [-0.2, 0) is 28.6 Å². The van der Waals surface area contributed by atoms with Gasteiger partial charge in [-0.25, -0.2) is 0 Å². The average Bonchev–Trinajstić information content (AvgIpc) is 3.22. The lowest BCUT2D eigenvalue weighted by atomic mass is 10.1. The summed E-state index contributed by atoms with van der Waals surface area (Å²) in [6.45, 7) is 6.39. The van der Waals surface area contributed by atoms with Crippen LogP contribution >= 0.6 is 0 Å². The minimum Gasteiger partial charge on any atom is -0.462 e. The van der Waals surface area contributed by atoms with Gasteiger partial charge in [-0.15, -0.1) is 0 Å². The van der Waals surface area contributed by atoms with Crippen LogP contribution in [0.5, 0.6) is 0 Å². The van der Waals surface area contributed by atoms with Crippen LogP contribution in [0.4, 0.5) is 0 Å². The summed E-state index contributed by atoms with van der Waals surface area (Å²) in [5, 5.41) is 0. The van der Waals surface area contributed by atoms with E-state index in [0.29, 0.717) is 19.3 Å². The smallest absolute Gasteiger partial charge is 0.306 e. The van der Waals surface area contributed by atoms with E-state index in [2.05, 4.69) is 81.5 Å². The maximum absolute atomic E-state index is 12.7. The minimum atomic E-state index is -0.812. The summed E-state index contributed by atoms with van der Waals surface area (Å²) in [6, 6.07) is 0. The van der Waals surface area contributed by atoms with Gasteiger partial charge in [-0.2, -0.15) is 0 Å².